The van der Waals surface area contributed by atoms with Gasteiger partial charge < -0.3 is 4.74 Å². The number of benzene rings is 2. The summed E-state index contributed by atoms with van der Waals surface area (Å²) in [4.78, 5) is 11.7. The van der Waals surface area contributed by atoms with Crippen LogP contribution in [0.4, 0.5) is 4.39 Å². The van der Waals surface area contributed by atoms with Crippen LogP contribution in [0.5, 0.6) is 5.75 Å². The predicted octanol–water partition coefficient (Wildman–Crippen LogP) is 4.32. The largest absolute Gasteiger partial charge is 0.494 e. The molecule has 0 radical (unpaired) electrons. The van der Waals surface area contributed by atoms with Gasteiger partial charge >= 0.3 is 0 Å². The third-order valence-electron chi connectivity index (χ3n) is 3.22. The Morgan fingerprint density at radius 3 is 2.67 bits per heavy atom. The molecule has 0 fully saturated rings. The third kappa shape index (κ3) is 4.05. The van der Waals surface area contributed by atoms with Crippen molar-refractivity contribution >= 4 is 16.8 Å². The van der Waals surface area contributed by atoms with Gasteiger partial charge in [-0.25, -0.2) is 4.39 Å². The summed E-state index contributed by atoms with van der Waals surface area (Å²) in [6, 6.07) is 13.4. The maximum Gasteiger partial charge on any atom is 0.229 e. The highest BCUT2D eigenvalue weighted by Gasteiger charge is 2.21. The van der Waals surface area contributed by atoms with E-state index in [9.17, 15) is 9.18 Å². The Labute approximate surface area is 128 Å². The minimum absolute atomic E-state index is 0.377. The Hall–Kier alpha value is -1.87. The lowest BCUT2D eigenvalue weighted by molar-refractivity contribution is -0.113. The van der Waals surface area contributed by atoms with Crippen molar-refractivity contribution in [1.82, 2.24) is 0 Å². The lowest BCUT2D eigenvalue weighted by atomic mass is 9.92. The van der Waals surface area contributed by atoms with Crippen molar-refractivity contribution in [3.8, 4) is 5.75 Å². The number of hydrogen-bond donors (Lipinski definition) is 0. The fourth-order valence-electron chi connectivity index (χ4n) is 2.24. The van der Waals surface area contributed by atoms with E-state index >= 15 is 0 Å². The van der Waals surface area contributed by atoms with Gasteiger partial charge in [-0.15, -0.1) is 0 Å². The Morgan fingerprint density at radius 2 is 2.00 bits per heavy atom. The summed E-state index contributed by atoms with van der Waals surface area (Å²) in [5.41, 5.74) is 1.45. The van der Waals surface area contributed by atoms with E-state index in [0.717, 1.165) is 11.3 Å². The van der Waals surface area contributed by atoms with Crippen LogP contribution >= 0.6 is 11.6 Å². The number of carbonyl (C=O) groups is 1. The fourth-order valence-corrected chi connectivity index (χ4v) is 2.44. The van der Waals surface area contributed by atoms with Crippen LogP contribution in [0.3, 0.4) is 0 Å². The molecule has 0 aliphatic heterocycles. The van der Waals surface area contributed by atoms with Crippen molar-refractivity contribution in [2.45, 2.75) is 19.3 Å². The highest BCUT2D eigenvalue weighted by Crippen LogP contribution is 2.28. The first-order chi connectivity index (χ1) is 10.1. The summed E-state index contributed by atoms with van der Waals surface area (Å²) in [6.07, 6.45) is 0.377. The third-order valence-corrected chi connectivity index (χ3v) is 3.48. The van der Waals surface area contributed by atoms with Crippen LogP contribution in [0.15, 0.2) is 48.5 Å². The molecular weight excluding hydrogens is 291 g/mol. The van der Waals surface area contributed by atoms with Crippen LogP contribution < -0.4 is 4.74 Å². The summed E-state index contributed by atoms with van der Waals surface area (Å²) >= 11 is 5.71. The van der Waals surface area contributed by atoms with Crippen LogP contribution in [0.1, 0.15) is 24.0 Å². The van der Waals surface area contributed by atoms with E-state index in [1.807, 2.05) is 31.2 Å². The zero-order valence-electron chi connectivity index (χ0n) is 11.7. The molecule has 0 N–H and O–H groups in total. The number of hydrogen-bond acceptors (Lipinski definition) is 2. The van der Waals surface area contributed by atoms with Crippen LogP contribution in [0, 0.1) is 5.82 Å². The molecule has 110 valence electrons. The molecule has 0 saturated heterocycles. The van der Waals surface area contributed by atoms with E-state index in [0.29, 0.717) is 18.6 Å². The molecule has 21 heavy (non-hydrogen) atoms. The molecule has 0 spiro atoms. The SMILES string of the molecule is CCOc1ccccc1CC(C(=O)Cl)c1cccc(F)c1. The van der Waals surface area contributed by atoms with Gasteiger partial charge in [-0.1, -0.05) is 30.3 Å². The summed E-state index contributed by atoms with van der Waals surface area (Å²) in [5, 5.41) is -0.507. The Morgan fingerprint density at radius 1 is 1.24 bits per heavy atom. The second-order valence-electron chi connectivity index (χ2n) is 4.66. The van der Waals surface area contributed by atoms with Gasteiger partial charge in [-0.2, -0.15) is 0 Å². The van der Waals surface area contributed by atoms with Gasteiger partial charge in [-0.05, 0) is 54.3 Å². The average molecular weight is 307 g/mol. The van der Waals surface area contributed by atoms with Crippen LogP contribution in [-0.4, -0.2) is 11.8 Å². The highest BCUT2D eigenvalue weighted by atomic mass is 35.5. The predicted molar refractivity (Wildman–Crippen MR) is 81.3 cm³/mol. The topological polar surface area (TPSA) is 26.3 Å². The molecule has 4 heteroatoms. The molecule has 0 saturated carbocycles. The minimum Gasteiger partial charge on any atom is -0.494 e. The van der Waals surface area contributed by atoms with Gasteiger partial charge in [0.1, 0.15) is 11.6 Å². The smallest absolute Gasteiger partial charge is 0.229 e. The van der Waals surface area contributed by atoms with E-state index < -0.39 is 11.2 Å². The van der Waals surface area contributed by atoms with E-state index in [2.05, 4.69) is 0 Å². The maximum absolute atomic E-state index is 13.4. The maximum atomic E-state index is 13.4. The molecule has 0 amide bonds. The number of halogens is 2. The standard InChI is InChI=1S/C17H16ClFO2/c1-2-21-16-9-4-3-6-13(16)11-15(17(18)20)12-7-5-8-14(19)10-12/h3-10,15H,2,11H2,1H3. The number of para-hydroxylation sites is 1. The zero-order valence-corrected chi connectivity index (χ0v) is 12.4. The molecule has 1 atom stereocenters. The molecule has 2 aromatic carbocycles. The molecule has 0 aliphatic carbocycles. The van der Waals surface area contributed by atoms with Crippen molar-refractivity contribution < 1.29 is 13.9 Å². The first-order valence-electron chi connectivity index (χ1n) is 6.77. The minimum atomic E-state index is -0.594. The van der Waals surface area contributed by atoms with Crippen LogP contribution in [0.25, 0.3) is 0 Å². The Bertz CT molecular complexity index is 628. The quantitative estimate of drug-likeness (QED) is 0.743. The number of carbonyl (C=O) groups excluding carboxylic acids is 1. The molecular formula is C17H16ClFO2. The summed E-state index contributed by atoms with van der Waals surface area (Å²) in [7, 11) is 0. The monoisotopic (exact) mass is 306 g/mol. The second-order valence-corrected chi connectivity index (χ2v) is 5.03. The lowest BCUT2D eigenvalue weighted by Gasteiger charge is -2.16. The molecule has 2 rings (SSSR count). The van der Waals surface area contributed by atoms with Gasteiger partial charge in [0.25, 0.3) is 0 Å². The number of ether oxygens (including phenoxy) is 1. The molecule has 2 nitrogen and oxygen atoms in total. The molecule has 2 aromatic rings. The molecule has 0 aliphatic rings. The zero-order chi connectivity index (χ0) is 15.2. The summed E-state index contributed by atoms with van der Waals surface area (Å²) in [6.45, 7) is 2.43. The first kappa shape index (κ1) is 15.5. The highest BCUT2D eigenvalue weighted by molar-refractivity contribution is 6.64. The van der Waals surface area contributed by atoms with Gasteiger partial charge in [0.15, 0.2) is 0 Å². The Balaban J connectivity index is 2.31. The molecule has 1 unspecified atom stereocenters. The van der Waals surface area contributed by atoms with Crippen LogP contribution in [0.2, 0.25) is 0 Å². The lowest BCUT2D eigenvalue weighted by Crippen LogP contribution is -2.11. The van der Waals surface area contributed by atoms with E-state index in [-0.39, 0.29) is 5.82 Å². The Kier molecular flexibility index (Phi) is 5.34. The van der Waals surface area contributed by atoms with Crippen molar-refractivity contribution in [3.05, 3.63) is 65.5 Å². The molecule has 0 bridgehead atoms. The second kappa shape index (κ2) is 7.23. The van der Waals surface area contributed by atoms with Gasteiger partial charge in [0.2, 0.25) is 5.24 Å². The normalized spacial score (nSPS) is 12.0. The van der Waals surface area contributed by atoms with Crippen molar-refractivity contribution in [1.29, 1.82) is 0 Å². The van der Waals surface area contributed by atoms with Gasteiger partial charge in [-0.3, -0.25) is 4.79 Å². The molecule has 0 heterocycles. The van der Waals surface area contributed by atoms with E-state index in [4.69, 9.17) is 16.3 Å². The average Bonchev–Trinajstić information content (AvgIpc) is 2.46. The summed E-state index contributed by atoms with van der Waals surface area (Å²) in [5.74, 6) is -0.253. The fraction of sp³-hybridized carbons (Fsp3) is 0.235. The number of rotatable bonds is 6. The first-order valence-corrected chi connectivity index (χ1v) is 7.15. The van der Waals surface area contributed by atoms with E-state index in [1.165, 1.54) is 12.1 Å². The van der Waals surface area contributed by atoms with Gasteiger partial charge in [0.05, 0.1) is 12.5 Å². The van der Waals surface area contributed by atoms with Crippen LogP contribution in [-0.2, 0) is 11.2 Å². The van der Waals surface area contributed by atoms with E-state index in [1.54, 1.807) is 12.1 Å². The van der Waals surface area contributed by atoms with Crippen molar-refractivity contribution in [2.24, 2.45) is 0 Å². The molecule has 0 aromatic heterocycles. The van der Waals surface area contributed by atoms with Gasteiger partial charge in [0, 0.05) is 0 Å². The van der Waals surface area contributed by atoms with Crippen molar-refractivity contribution in [3.63, 3.8) is 0 Å². The van der Waals surface area contributed by atoms with Crippen molar-refractivity contribution in [2.75, 3.05) is 6.61 Å². The summed E-state index contributed by atoms with van der Waals surface area (Å²) < 4.78 is 18.9.